The number of carbonyl (C=O) groups is 1. The molecule has 0 saturated carbocycles. The number of ether oxygens (including phenoxy) is 1. The third-order valence-electron chi connectivity index (χ3n) is 2.79. The van der Waals surface area contributed by atoms with Crippen LogP contribution in [0.25, 0.3) is 0 Å². The maximum absolute atomic E-state index is 12.1. The molecule has 0 aliphatic carbocycles. The second kappa shape index (κ2) is 6.91. The second-order valence-corrected chi connectivity index (χ2v) is 6.24. The zero-order chi connectivity index (χ0) is 15.2. The second-order valence-electron chi connectivity index (χ2n) is 4.12. The first-order valence-corrected chi connectivity index (χ1v) is 7.55. The molecule has 0 aliphatic heterocycles. The molecule has 108 valence electrons. The van der Waals surface area contributed by atoms with Gasteiger partial charge in [-0.25, -0.2) is 8.42 Å². The Morgan fingerprint density at radius 2 is 1.95 bits per heavy atom. The van der Waals surface area contributed by atoms with E-state index in [1.54, 1.807) is 24.3 Å². The van der Waals surface area contributed by atoms with Gasteiger partial charge in [-0.05, 0) is 30.7 Å². The molecule has 0 N–H and O–H groups in total. The Hall–Kier alpha value is -2.07. The van der Waals surface area contributed by atoms with E-state index in [0.29, 0.717) is 11.3 Å². The summed E-state index contributed by atoms with van der Waals surface area (Å²) >= 11 is 0. The van der Waals surface area contributed by atoms with Gasteiger partial charge in [0.1, 0.15) is 0 Å². The predicted octanol–water partition coefficient (Wildman–Crippen LogP) is 1.28. The van der Waals surface area contributed by atoms with E-state index in [2.05, 4.69) is 4.74 Å². The Balaban J connectivity index is 2.71. The Morgan fingerprint density at radius 1 is 1.35 bits per heavy atom. The number of nitriles is 1. The molecule has 0 heterocycles. The fourth-order valence-corrected chi connectivity index (χ4v) is 2.77. The van der Waals surface area contributed by atoms with E-state index in [4.69, 9.17) is 5.26 Å². The summed E-state index contributed by atoms with van der Waals surface area (Å²) in [4.78, 5) is 10.9. The number of hydrogen-bond donors (Lipinski definition) is 0. The highest BCUT2D eigenvalue weighted by Gasteiger charge is 2.18. The standard InChI is InChI=1S/C13H16N2O4S/c1-15(12-7-5-11(10-14)6-8-12)20(17,18)9-3-4-13(16)19-2/h5-8H,3-4,9H2,1-2H3. The number of benzene rings is 1. The van der Waals surface area contributed by atoms with Crippen LogP contribution in [0.1, 0.15) is 18.4 Å². The number of sulfonamides is 1. The van der Waals surface area contributed by atoms with Crippen molar-refractivity contribution in [2.24, 2.45) is 0 Å². The summed E-state index contributed by atoms with van der Waals surface area (Å²) in [5, 5.41) is 8.69. The zero-order valence-corrected chi connectivity index (χ0v) is 12.2. The molecule has 0 atom stereocenters. The fourth-order valence-electron chi connectivity index (χ4n) is 1.54. The minimum absolute atomic E-state index is 0.0664. The topological polar surface area (TPSA) is 87.5 Å². The number of anilines is 1. The quantitative estimate of drug-likeness (QED) is 0.738. The van der Waals surface area contributed by atoms with Crippen molar-refractivity contribution in [2.45, 2.75) is 12.8 Å². The third-order valence-corrected chi connectivity index (χ3v) is 4.64. The molecule has 0 spiro atoms. The Kier molecular flexibility index (Phi) is 5.53. The maximum atomic E-state index is 12.1. The minimum Gasteiger partial charge on any atom is -0.469 e. The van der Waals surface area contributed by atoms with Gasteiger partial charge in [0.2, 0.25) is 10.0 Å². The highest BCUT2D eigenvalue weighted by Crippen LogP contribution is 2.17. The first-order valence-electron chi connectivity index (χ1n) is 5.94. The number of methoxy groups -OCH3 is 1. The number of nitrogens with zero attached hydrogens (tertiary/aromatic N) is 2. The predicted molar refractivity (Wildman–Crippen MR) is 74.6 cm³/mol. The Bertz CT molecular complexity index is 602. The van der Waals surface area contributed by atoms with Gasteiger partial charge >= 0.3 is 5.97 Å². The van der Waals surface area contributed by atoms with Gasteiger partial charge in [0, 0.05) is 13.5 Å². The normalized spacial score (nSPS) is 10.7. The van der Waals surface area contributed by atoms with Gasteiger partial charge in [-0.2, -0.15) is 5.26 Å². The lowest BCUT2D eigenvalue weighted by molar-refractivity contribution is -0.140. The first kappa shape index (κ1) is 16.0. The van der Waals surface area contributed by atoms with Gasteiger partial charge < -0.3 is 4.74 Å². The van der Waals surface area contributed by atoms with E-state index in [9.17, 15) is 13.2 Å². The molecule has 0 radical (unpaired) electrons. The summed E-state index contributed by atoms with van der Waals surface area (Å²) in [5.41, 5.74) is 0.937. The van der Waals surface area contributed by atoms with Gasteiger partial charge in [0.25, 0.3) is 0 Å². The minimum atomic E-state index is -3.49. The summed E-state index contributed by atoms with van der Waals surface area (Å²) in [5.74, 6) is -0.570. The Morgan fingerprint density at radius 3 is 2.45 bits per heavy atom. The van der Waals surface area contributed by atoms with E-state index in [1.165, 1.54) is 14.2 Å². The van der Waals surface area contributed by atoms with Crippen molar-refractivity contribution in [1.82, 2.24) is 0 Å². The molecular weight excluding hydrogens is 280 g/mol. The monoisotopic (exact) mass is 296 g/mol. The van der Waals surface area contributed by atoms with Crippen molar-refractivity contribution in [3.8, 4) is 6.07 Å². The van der Waals surface area contributed by atoms with Gasteiger partial charge in [-0.1, -0.05) is 0 Å². The molecule has 0 bridgehead atoms. The lowest BCUT2D eigenvalue weighted by Gasteiger charge is -2.19. The number of rotatable bonds is 6. The summed E-state index contributed by atoms with van der Waals surface area (Å²) in [6, 6.07) is 8.20. The smallest absolute Gasteiger partial charge is 0.305 e. The van der Waals surface area contributed by atoms with Crippen molar-refractivity contribution in [1.29, 1.82) is 5.26 Å². The van der Waals surface area contributed by atoms with Crippen LogP contribution in [0.2, 0.25) is 0 Å². The molecule has 0 aromatic heterocycles. The van der Waals surface area contributed by atoms with Gasteiger partial charge in [-0.3, -0.25) is 9.10 Å². The molecular formula is C13H16N2O4S. The molecule has 6 nitrogen and oxygen atoms in total. The molecule has 0 amide bonds. The van der Waals surface area contributed by atoms with Gasteiger partial charge in [0.15, 0.2) is 0 Å². The van der Waals surface area contributed by atoms with Crippen LogP contribution in [0, 0.1) is 11.3 Å². The fraction of sp³-hybridized carbons (Fsp3) is 0.385. The summed E-state index contributed by atoms with van der Waals surface area (Å²) in [7, 11) is -0.791. The third kappa shape index (κ3) is 4.24. The summed E-state index contributed by atoms with van der Waals surface area (Å²) < 4.78 is 29.7. The van der Waals surface area contributed by atoms with Crippen LogP contribution in [0.4, 0.5) is 5.69 Å². The van der Waals surface area contributed by atoms with E-state index in [0.717, 1.165) is 4.31 Å². The van der Waals surface area contributed by atoms with Crippen LogP contribution in [-0.4, -0.2) is 34.3 Å². The van der Waals surface area contributed by atoms with E-state index < -0.39 is 16.0 Å². The van der Waals surface area contributed by atoms with Crippen molar-refractivity contribution in [2.75, 3.05) is 24.2 Å². The number of carbonyl (C=O) groups excluding carboxylic acids is 1. The SMILES string of the molecule is COC(=O)CCCS(=O)(=O)N(C)c1ccc(C#N)cc1. The van der Waals surface area contributed by atoms with Gasteiger partial charge in [-0.15, -0.1) is 0 Å². The van der Waals surface area contributed by atoms with Crippen LogP contribution in [-0.2, 0) is 19.6 Å². The molecule has 0 unspecified atom stereocenters. The van der Waals surface area contributed by atoms with Crippen LogP contribution in [0.3, 0.4) is 0 Å². The average Bonchev–Trinajstić information content (AvgIpc) is 2.46. The van der Waals surface area contributed by atoms with Crippen LogP contribution in [0.15, 0.2) is 24.3 Å². The maximum Gasteiger partial charge on any atom is 0.305 e. The molecule has 1 aromatic carbocycles. The molecule has 0 saturated heterocycles. The van der Waals surface area contributed by atoms with Crippen LogP contribution in [0.5, 0.6) is 0 Å². The molecule has 0 fully saturated rings. The van der Waals surface area contributed by atoms with Crippen molar-refractivity contribution >= 4 is 21.7 Å². The Labute approximate surface area is 118 Å². The molecule has 7 heteroatoms. The molecule has 0 aliphatic rings. The summed E-state index contributed by atoms with van der Waals surface area (Å²) in [6.45, 7) is 0. The van der Waals surface area contributed by atoms with E-state index in [1.807, 2.05) is 6.07 Å². The average molecular weight is 296 g/mol. The van der Waals surface area contributed by atoms with Crippen molar-refractivity contribution < 1.29 is 17.9 Å². The highest BCUT2D eigenvalue weighted by molar-refractivity contribution is 7.92. The zero-order valence-electron chi connectivity index (χ0n) is 11.4. The number of esters is 1. The lowest BCUT2D eigenvalue weighted by atomic mass is 10.2. The largest absolute Gasteiger partial charge is 0.469 e. The lowest BCUT2D eigenvalue weighted by Crippen LogP contribution is -2.29. The van der Waals surface area contributed by atoms with Crippen molar-refractivity contribution in [3.63, 3.8) is 0 Å². The van der Waals surface area contributed by atoms with Gasteiger partial charge in [0.05, 0.1) is 30.2 Å². The van der Waals surface area contributed by atoms with Crippen molar-refractivity contribution in [3.05, 3.63) is 29.8 Å². The highest BCUT2D eigenvalue weighted by atomic mass is 32.2. The molecule has 1 aromatic rings. The first-order chi connectivity index (χ1) is 9.40. The number of hydrogen-bond acceptors (Lipinski definition) is 5. The van der Waals surface area contributed by atoms with E-state index in [-0.39, 0.29) is 18.6 Å². The molecule has 20 heavy (non-hydrogen) atoms. The van der Waals surface area contributed by atoms with Crippen LogP contribution < -0.4 is 4.31 Å². The van der Waals surface area contributed by atoms with Crippen LogP contribution >= 0.6 is 0 Å². The van der Waals surface area contributed by atoms with E-state index >= 15 is 0 Å². The summed E-state index contributed by atoms with van der Waals surface area (Å²) in [6.07, 6.45) is 0.270. The molecule has 1 rings (SSSR count).